The maximum Gasteiger partial charge on any atom is 0.125 e. The number of aromatic hydroxyl groups is 2. The van der Waals surface area contributed by atoms with Crippen molar-refractivity contribution in [2.75, 3.05) is 0 Å². The molecular weight excluding hydrogens is 284 g/mol. The highest BCUT2D eigenvalue weighted by Gasteiger charge is 2.26. The molecule has 0 unspecified atom stereocenters. The van der Waals surface area contributed by atoms with Crippen molar-refractivity contribution in [2.45, 2.75) is 33.1 Å². The van der Waals surface area contributed by atoms with Crippen LogP contribution in [0.2, 0.25) is 0 Å². The molecule has 0 aliphatic rings. The Bertz CT molecular complexity index is 717. The molecule has 0 atom stereocenters. The predicted octanol–water partition coefficient (Wildman–Crippen LogP) is 5.33. The van der Waals surface area contributed by atoms with E-state index in [-0.39, 0.29) is 16.9 Å². The zero-order chi connectivity index (χ0) is 17.4. The van der Waals surface area contributed by atoms with Gasteiger partial charge in [-0.05, 0) is 48.2 Å². The van der Waals surface area contributed by atoms with Gasteiger partial charge in [0, 0.05) is 16.5 Å². The molecule has 0 fully saturated rings. The van der Waals surface area contributed by atoms with Crippen molar-refractivity contribution >= 4 is 12.2 Å². The van der Waals surface area contributed by atoms with Gasteiger partial charge in [0.15, 0.2) is 0 Å². The van der Waals surface area contributed by atoms with Crippen LogP contribution in [0, 0.1) is 13.8 Å². The van der Waals surface area contributed by atoms with Crippen LogP contribution in [-0.2, 0) is 5.41 Å². The minimum atomic E-state index is -0.285. The zero-order valence-corrected chi connectivity index (χ0v) is 14.3. The van der Waals surface area contributed by atoms with E-state index in [2.05, 4.69) is 27.0 Å². The second-order valence-corrected chi connectivity index (χ2v) is 6.50. The average Bonchev–Trinajstić information content (AvgIpc) is 2.52. The summed E-state index contributed by atoms with van der Waals surface area (Å²) < 4.78 is 0. The van der Waals surface area contributed by atoms with E-state index >= 15 is 0 Å². The molecule has 0 bridgehead atoms. The Morgan fingerprint density at radius 3 is 1.43 bits per heavy atom. The van der Waals surface area contributed by atoms with Crippen LogP contribution in [0.5, 0.6) is 11.5 Å². The normalized spacial score (nSPS) is 11.3. The van der Waals surface area contributed by atoms with Gasteiger partial charge in [-0.1, -0.05) is 51.3 Å². The lowest BCUT2D eigenvalue weighted by Gasteiger charge is -2.28. The Morgan fingerprint density at radius 1 is 0.783 bits per heavy atom. The van der Waals surface area contributed by atoms with Gasteiger partial charge in [0.2, 0.25) is 0 Å². The first-order valence-electron chi connectivity index (χ1n) is 7.65. The minimum Gasteiger partial charge on any atom is -0.507 e. The van der Waals surface area contributed by atoms with Crippen LogP contribution in [0.4, 0.5) is 0 Å². The standard InChI is InChI=1S/C21H24O2/c1-7-15-11-17(9-13(3)19(15)22)21(5,6)18-10-14(4)20(23)16(8-2)12-18/h7-12,22-23H,1-2H2,3-6H3. The first-order valence-corrected chi connectivity index (χ1v) is 7.65. The Morgan fingerprint density at radius 2 is 1.13 bits per heavy atom. The molecule has 0 amide bonds. The molecule has 0 radical (unpaired) electrons. The third kappa shape index (κ3) is 2.89. The van der Waals surface area contributed by atoms with Gasteiger partial charge in [-0.3, -0.25) is 0 Å². The second kappa shape index (κ2) is 5.96. The molecule has 0 spiro atoms. The summed E-state index contributed by atoms with van der Waals surface area (Å²) in [4.78, 5) is 0. The third-order valence-corrected chi connectivity index (χ3v) is 4.54. The van der Waals surface area contributed by atoms with Gasteiger partial charge in [0.05, 0.1) is 0 Å². The van der Waals surface area contributed by atoms with Crippen molar-refractivity contribution in [3.05, 3.63) is 70.8 Å². The minimum absolute atomic E-state index is 0.271. The lowest BCUT2D eigenvalue weighted by atomic mass is 9.76. The summed E-state index contributed by atoms with van der Waals surface area (Å²) in [6.07, 6.45) is 3.33. The predicted molar refractivity (Wildman–Crippen MR) is 98.0 cm³/mol. The Labute approximate surface area is 138 Å². The third-order valence-electron chi connectivity index (χ3n) is 4.54. The summed E-state index contributed by atoms with van der Waals surface area (Å²) in [6.45, 7) is 15.6. The summed E-state index contributed by atoms with van der Waals surface area (Å²) in [5, 5.41) is 20.2. The zero-order valence-electron chi connectivity index (χ0n) is 14.3. The fraction of sp³-hybridized carbons (Fsp3) is 0.238. The molecule has 23 heavy (non-hydrogen) atoms. The molecular formula is C21H24O2. The number of hydrogen-bond acceptors (Lipinski definition) is 2. The topological polar surface area (TPSA) is 40.5 Å². The van der Waals surface area contributed by atoms with Crippen molar-refractivity contribution in [1.82, 2.24) is 0 Å². The smallest absolute Gasteiger partial charge is 0.125 e. The van der Waals surface area contributed by atoms with Gasteiger partial charge in [-0.25, -0.2) is 0 Å². The highest BCUT2D eigenvalue weighted by molar-refractivity contribution is 5.63. The van der Waals surface area contributed by atoms with Crippen LogP contribution in [0.1, 0.15) is 47.2 Å². The highest BCUT2D eigenvalue weighted by atomic mass is 16.3. The summed E-state index contributed by atoms with van der Waals surface area (Å²) in [5.41, 5.74) is 4.99. The first-order chi connectivity index (χ1) is 10.7. The molecule has 2 heteroatoms. The lowest BCUT2D eigenvalue weighted by Crippen LogP contribution is -2.19. The van der Waals surface area contributed by atoms with Gasteiger partial charge in [-0.15, -0.1) is 0 Å². The van der Waals surface area contributed by atoms with E-state index in [4.69, 9.17) is 0 Å². The number of rotatable bonds is 4. The van der Waals surface area contributed by atoms with E-state index in [0.29, 0.717) is 0 Å². The maximum atomic E-state index is 10.1. The fourth-order valence-corrected chi connectivity index (χ4v) is 2.81. The number of aryl methyl sites for hydroxylation is 2. The van der Waals surface area contributed by atoms with E-state index in [9.17, 15) is 10.2 Å². The molecule has 120 valence electrons. The Hall–Kier alpha value is -2.48. The van der Waals surface area contributed by atoms with Gasteiger partial charge in [-0.2, -0.15) is 0 Å². The van der Waals surface area contributed by atoms with E-state index < -0.39 is 0 Å². The van der Waals surface area contributed by atoms with Crippen LogP contribution in [0.3, 0.4) is 0 Å². The van der Waals surface area contributed by atoms with E-state index in [0.717, 1.165) is 33.4 Å². The first kappa shape index (κ1) is 16.9. The summed E-state index contributed by atoms with van der Waals surface area (Å²) >= 11 is 0. The van der Waals surface area contributed by atoms with Crippen LogP contribution in [-0.4, -0.2) is 10.2 Å². The molecule has 2 aromatic rings. The number of phenolic OH excluding ortho intramolecular Hbond substituents is 2. The van der Waals surface area contributed by atoms with Gasteiger partial charge in [0.1, 0.15) is 11.5 Å². The second-order valence-electron chi connectivity index (χ2n) is 6.50. The molecule has 2 nitrogen and oxygen atoms in total. The van der Waals surface area contributed by atoms with Crippen molar-refractivity contribution < 1.29 is 10.2 Å². The highest BCUT2D eigenvalue weighted by Crippen LogP contribution is 2.38. The molecule has 0 saturated carbocycles. The number of hydrogen-bond donors (Lipinski definition) is 2. The van der Waals surface area contributed by atoms with Crippen molar-refractivity contribution in [1.29, 1.82) is 0 Å². The van der Waals surface area contributed by atoms with Crippen LogP contribution in [0.25, 0.3) is 12.2 Å². The largest absolute Gasteiger partial charge is 0.507 e. The molecule has 2 aromatic carbocycles. The fourth-order valence-electron chi connectivity index (χ4n) is 2.81. The number of phenols is 2. The maximum absolute atomic E-state index is 10.1. The van der Waals surface area contributed by atoms with Gasteiger partial charge < -0.3 is 10.2 Å². The van der Waals surface area contributed by atoms with E-state index in [1.807, 2.05) is 38.1 Å². The molecule has 0 aliphatic carbocycles. The van der Waals surface area contributed by atoms with Crippen LogP contribution in [0.15, 0.2) is 37.4 Å². The van der Waals surface area contributed by atoms with Crippen molar-refractivity contribution in [3.63, 3.8) is 0 Å². The molecule has 0 saturated heterocycles. The quantitative estimate of drug-likeness (QED) is 0.801. The SMILES string of the molecule is C=Cc1cc(C(C)(C)c2cc(C)c(O)c(C=C)c2)cc(C)c1O. The monoisotopic (exact) mass is 308 g/mol. The van der Waals surface area contributed by atoms with Gasteiger partial charge in [0.25, 0.3) is 0 Å². The Kier molecular flexibility index (Phi) is 4.37. The molecule has 0 heterocycles. The van der Waals surface area contributed by atoms with E-state index in [1.165, 1.54) is 0 Å². The van der Waals surface area contributed by atoms with Crippen LogP contribution >= 0.6 is 0 Å². The molecule has 0 aromatic heterocycles. The van der Waals surface area contributed by atoms with E-state index in [1.54, 1.807) is 12.2 Å². The van der Waals surface area contributed by atoms with Crippen LogP contribution < -0.4 is 0 Å². The summed E-state index contributed by atoms with van der Waals surface area (Å²) in [6, 6.07) is 7.92. The number of benzene rings is 2. The van der Waals surface area contributed by atoms with Crippen molar-refractivity contribution in [2.24, 2.45) is 0 Å². The molecule has 0 aliphatic heterocycles. The molecule has 2 N–H and O–H groups in total. The lowest BCUT2D eigenvalue weighted by molar-refractivity contribution is 0.468. The summed E-state index contributed by atoms with van der Waals surface area (Å²) in [5.74, 6) is 0.543. The molecule has 2 rings (SSSR count). The average molecular weight is 308 g/mol. The Balaban J connectivity index is 2.67. The summed E-state index contributed by atoms with van der Waals surface area (Å²) in [7, 11) is 0. The van der Waals surface area contributed by atoms with Crippen molar-refractivity contribution in [3.8, 4) is 11.5 Å². The van der Waals surface area contributed by atoms with Gasteiger partial charge >= 0.3 is 0 Å².